The molecule has 5 aromatic rings. The molecule has 1 atom stereocenters. The molecule has 6 nitrogen and oxygen atoms in total. The zero-order chi connectivity index (χ0) is 22.7. The maximum Gasteiger partial charge on any atom is 0.240 e. The first-order valence-electron chi connectivity index (χ1n) is 11.3. The second-order valence-electron chi connectivity index (χ2n) is 8.65. The van der Waals surface area contributed by atoms with E-state index >= 15 is 0 Å². The lowest BCUT2D eigenvalue weighted by Gasteiger charge is -2.29. The average molecular weight is 441 g/mol. The van der Waals surface area contributed by atoms with Crippen molar-refractivity contribution in [1.29, 1.82) is 0 Å². The van der Waals surface area contributed by atoms with Crippen LogP contribution in [-0.4, -0.2) is 27.5 Å². The largest absolute Gasteiger partial charge is 0.460 e. The van der Waals surface area contributed by atoms with E-state index in [0.29, 0.717) is 19.5 Å². The van der Waals surface area contributed by atoms with Gasteiger partial charge in [-0.15, -0.1) is 0 Å². The zero-order valence-electron chi connectivity index (χ0n) is 18.7. The fraction of sp³-hybridized carbons (Fsp3) is 0.222. The van der Waals surface area contributed by atoms with E-state index in [1.807, 2.05) is 80.1 Å². The van der Waals surface area contributed by atoms with E-state index in [-0.39, 0.29) is 5.91 Å². The SMILES string of the molecule is CC(Cc1c[nH]c2ccccc12)(NCc1cc2ccccc2o1)C(=O)NCCn1cccc1. The molecule has 0 fully saturated rings. The monoisotopic (exact) mass is 440 g/mol. The van der Waals surface area contributed by atoms with Gasteiger partial charge in [-0.2, -0.15) is 0 Å². The van der Waals surface area contributed by atoms with Gasteiger partial charge < -0.3 is 19.3 Å². The van der Waals surface area contributed by atoms with Crippen LogP contribution < -0.4 is 10.6 Å². The smallest absolute Gasteiger partial charge is 0.240 e. The third-order valence-electron chi connectivity index (χ3n) is 6.17. The van der Waals surface area contributed by atoms with E-state index in [9.17, 15) is 4.79 Å². The van der Waals surface area contributed by atoms with Crippen LogP contribution in [0.3, 0.4) is 0 Å². The summed E-state index contributed by atoms with van der Waals surface area (Å²) in [7, 11) is 0. The molecule has 6 heteroatoms. The van der Waals surface area contributed by atoms with Gasteiger partial charge in [-0.1, -0.05) is 36.4 Å². The van der Waals surface area contributed by atoms with Gasteiger partial charge in [-0.05, 0) is 42.8 Å². The van der Waals surface area contributed by atoms with Crippen molar-refractivity contribution in [3.63, 3.8) is 0 Å². The summed E-state index contributed by atoms with van der Waals surface area (Å²) in [6.45, 7) is 3.70. The molecule has 0 spiro atoms. The van der Waals surface area contributed by atoms with Crippen molar-refractivity contribution in [3.05, 3.63) is 96.6 Å². The molecule has 168 valence electrons. The van der Waals surface area contributed by atoms with Crippen LogP contribution in [0.4, 0.5) is 0 Å². The molecule has 0 aliphatic rings. The van der Waals surface area contributed by atoms with Crippen LogP contribution in [0.2, 0.25) is 0 Å². The Morgan fingerprint density at radius 2 is 1.85 bits per heavy atom. The average Bonchev–Trinajstić information content (AvgIpc) is 3.58. The lowest BCUT2D eigenvalue weighted by atomic mass is 9.91. The molecule has 0 saturated carbocycles. The van der Waals surface area contributed by atoms with Crippen molar-refractivity contribution in [2.45, 2.75) is 32.0 Å². The maximum atomic E-state index is 13.4. The molecular weight excluding hydrogens is 412 g/mol. The normalized spacial score (nSPS) is 13.4. The Bertz CT molecular complexity index is 1330. The van der Waals surface area contributed by atoms with Crippen molar-refractivity contribution in [2.75, 3.05) is 6.54 Å². The number of aromatic amines is 1. The van der Waals surface area contributed by atoms with Gasteiger partial charge in [0.15, 0.2) is 0 Å². The summed E-state index contributed by atoms with van der Waals surface area (Å²) in [5.74, 6) is 0.776. The van der Waals surface area contributed by atoms with Crippen molar-refractivity contribution in [2.24, 2.45) is 0 Å². The number of nitrogens with one attached hydrogen (secondary N) is 3. The lowest BCUT2D eigenvalue weighted by Crippen LogP contribution is -2.56. The number of nitrogens with zero attached hydrogens (tertiary/aromatic N) is 1. The van der Waals surface area contributed by atoms with Crippen LogP contribution in [0.15, 0.2) is 89.7 Å². The van der Waals surface area contributed by atoms with Crippen molar-refractivity contribution < 1.29 is 9.21 Å². The fourth-order valence-corrected chi connectivity index (χ4v) is 4.30. The quantitative estimate of drug-likeness (QED) is 0.313. The molecule has 0 saturated heterocycles. The summed E-state index contributed by atoms with van der Waals surface area (Å²) < 4.78 is 8.03. The first kappa shape index (κ1) is 21.1. The molecule has 0 aliphatic carbocycles. The number of hydrogen-bond acceptors (Lipinski definition) is 3. The summed E-state index contributed by atoms with van der Waals surface area (Å²) in [5, 5.41) is 8.81. The van der Waals surface area contributed by atoms with Crippen LogP contribution in [0.1, 0.15) is 18.2 Å². The Hall–Kier alpha value is -3.77. The van der Waals surface area contributed by atoms with E-state index in [1.54, 1.807) is 0 Å². The second-order valence-corrected chi connectivity index (χ2v) is 8.65. The first-order valence-corrected chi connectivity index (χ1v) is 11.3. The third-order valence-corrected chi connectivity index (χ3v) is 6.17. The number of para-hydroxylation sites is 2. The Labute approximate surface area is 192 Å². The Morgan fingerprint density at radius 3 is 2.70 bits per heavy atom. The number of aromatic nitrogens is 2. The molecule has 3 aromatic heterocycles. The van der Waals surface area contributed by atoms with Gasteiger partial charge in [0, 0.05) is 54.4 Å². The number of H-pyrrole nitrogens is 1. The van der Waals surface area contributed by atoms with Gasteiger partial charge in [0.25, 0.3) is 0 Å². The van der Waals surface area contributed by atoms with Gasteiger partial charge in [0.1, 0.15) is 11.3 Å². The highest BCUT2D eigenvalue weighted by Gasteiger charge is 2.34. The number of hydrogen-bond donors (Lipinski definition) is 3. The molecule has 3 heterocycles. The molecule has 33 heavy (non-hydrogen) atoms. The maximum absolute atomic E-state index is 13.4. The number of furan rings is 1. The fourth-order valence-electron chi connectivity index (χ4n) is 4.30. The Morgan fingerprint density at radius 1 is 1.06 bits per heavy atom. The van der Waals surface area contributed by atoms with Crippen molar-refractivity contribution >= 4 is 27.8 Å². The molecule has 2 aromatic carbocycles. The summed E-state index contributed by atoms with van der Waals surface area (Å²) >= 11 is 0. The number of fused-ring (bicyclic) bond motifs is 2. The highest BCUT2D eigenvalue weighted by Crippen LogP contribution is 2.24. The molecule has 3 N–H and O–H groups in total. The Balaban J connectivity index is 1.35. The topological polar surface area (TPSA) is 75.0 Å². The number of carbonyl (C=O) groups excluding carboxylic acids is 1. The number of rotatable bonds is 9. The second kappa shape index (κ2) is 9.00. The van der Waals surface area contributed by atoms with Crippen LogP contribution in [0, 0.1) is 0 Å². The van der Waals surface area contributed by atoms with E-state index in [1.165, 1.54) is 0 Å². The molecular formula is C27H28N4O2. The predicted octanol–water partition coefficient (Wildman–Crippen LogP) is 4.62. The summed E-state index contributed by atoms with van der Waals surface area (Å²) in [6, 6.07) is 22.1. The predicted molar refractivity (Wildman–Crippen MR) is 131 cm³/mol. The van der Waals surface area contributed by atoms with Crippen LogP contribution >= 0.6 is 0 Å². The van der Waals surface area contributed by atoms with Crippen molar-refractivity contribution in [3.8, 4) is 0 Å². The molecule has 1 unspecified atom stereocenters. The number of benzene rings is 2. The van der Waals surface area contributed by atoms with Gasteiger partial charge in [0.2, 0.25) is 5.91 Å². The highest BCUT2D eigenvalue weighted by molar-refractivity contribution is 5.89. The van der Waals surface area contributed by atoms with Crippen molar-refractivity contribution in [1.82, 2.24) is 20.2 Å². The van der Waals surface area contributed by atoms with Crippen LogP contribution in [0.25, 0.3) is 21.9 Å². The van der Waals surface area contributed by atoms with Gasteiger partial charge >= 0.3 is 0 Å². The molecule has 0 radical (unpaired) electrons. The van der Waals surface area contributed by atoms with Gasteiger partial charge in [-0.25, -0.2) is 0 Å². The highest BCUT2D eigenvalue weighted by atomic mass is 16.3. The standard InChI is InChI=1S/C27H28N4O2/c1-27(26(32)28-12-15-31-13-6-7-14-31,17-21-18-29-24-10-4-3-9-23(21)24)30-19-22-16-20-8-2-5-11-25(20)33-22/h2-11,13-14,16,18,29-30H,12,15,17,19H2,1H3,(H,28,32). The molecule has 0 bridgehead atoms. The third kappa shape index (κ3) is 4.56. The summed E-state index contributed by atoms with van der Waals surface area (Å²) in [6.07, 6.45) is 6.54. The van der Waals surface area contributed by atoms with Gasteiger partial charge in [0.05, 0.1) is 12.1 Å². The van der Waals surface area contributed by atoms with E-state index < -0.39 is 5.54 Å². The minimum absolute atomic E-state index is 0.0314. The number of amides is 1. The van der Waals surface area contributed by atoms with Gasteiger partial charge in [-0.3, -0.25) is 10.1 Å². The van der Waals surface area contributed by atoms with Crippen LogP contribution in [0.5, 0.6) is 0 Å². The molecule has 0 aliphatic heterocycles. The molecule has 5 rings (SSSR count). The van der Waals surface area contributed by atoms with E-state index in [2.05, 4.69) is 32.3 Å². The minimum Gasteiger partial charge on any atom is -0.460 e. The minimum atomic E-state index is -0.819. The summed E-state index contributed by atoms with van der Waals surface area (Å²) in [4.78, 5) is 16.7. The van der Waals surface area contributed by atoms with E-state index in [4.69, 9.17) is 4.42 Å². The Kier molecular flexibility index (Phi) is 5.75. The number of carbonyl (C=O) groups is 1. The zero-order valence-corrected chi connectivity index (χ0v) is 18.7. The van der Waals surface area contributed by atoms with Crippen LogP contribution in [-0.2, 0) is 24.3 Å². The summed E-state index contributed by atoms with van der Waals surface area (Å²) in [5.41, 5.74) is 2.20. The van der Waals surface area contributed by atoms with E-state index in [0.717, 1.165) is 39.7 Å². The first-order chi connectivity index (χ1) is 16.1. The molecule has 1 amide bonds. The lowest BCUT2D eigenvalue weighted by molar-refractivity contribution is -0.127.